The molecule has 7 heteroatoms. The van der Waals surface area contributed by atoms with Crippen molar-refractivity contribution in [3.8, 4) is 5.75 Å². The SMILES string of the molecule is COc1cccc(Nc2ncnc3c2nnn3C)c1. The Morgan fingerprint density at radius 3 is 3.00 bits per heavy atom. The lowest BCUT2D eigenvalue weighted by atomic mass is 10.3. The maximum absolute atomic E-state index is 5.18. The second-order valence-electron chi connectivity index (χ2n) is 3.96. The minimum Gasteiger partial charge on any atom is -0.497 e. The lowest BCUT2D eigenvalue weighted by molar-refractivity contribution is 0.415. The average Bonchev–Trinajstić information content (AvgIpc) is 2.82. The van der Waals surface area contributed by atoms with Crippen molar-refractivity contribution in [2.75, 3.05) is 12.4 Å². The molecule has 3 aromatic rings. The van der Waals surface area contributed by atoms with Crippen LogP contribution >= 0.6 is 0 Å². The van der Waals surface area contributed by atoms with Crippen molar-refractivity contribution in [2.45, 2.75) is 0 Å². The smallest absolute Gasteiger partial charge is 0.183 e. The first kappa shape index (κ1) is 11.4. The lowest BCUT2D eigenvalue weighted by Crippen LogP contribution is -1.97. The molecule has 0 bridgehead atoms. The van der Waals surface area contributed by atoms with Crippen LogP contribution in [-0.2, 0) is 7.05 Å². The zero-order valence-corrected chi connectivity index (χ0v) is 10.5. The molecule has 0 aliphatic carbocycles. The second kappa shape index (κ2) is 4.52. The Labute approximate surface area is 109 Å². The molecule has 2 heterocycles. The highest BCUT2D eigenvalue weighted by molar-refractivity contribution is 5.84. The number of fused-ring (bicyclic) bond motifs is 1. The Hall–Kier alpha value is -2.70. The number of rotatable bonds is 3. The third kappa shape index (κ3) is 2.05. The number of hydrogen-bond donors (Lipinski definition) is 1. The predicted octanol–water partition coefficient (Wildman–Crippen LogP) is 1.51. The predicted molar refractivity (Wildman–Crippen MR) is 70.4 cm³/mol. The van der Waals surface area contributed by atoms with E-state index in [1.54, 1.807) is 18.8 Å². The number of nitrogens with zero attached hydrogens (tertiary/aromatic N) is 5. The van der Waals surface area contributed by atoms with Crippen LogP contribution in [0.1, 0.15) is 0 Å². The largest absolute Gasteiger partial charge is 0.497 e. The van der Waals surface area contributed by atoms with Crippen molar-refractivity contribution in [1.29, 1.82) is 0 Å². The van der Waals surface area contributed by atoms with E-state index in [4.69, 9.17) is 4.74 Å². The maximum atomic E-state index is 5.18. The second-order valence-corrected chi connectivity index (χ2v) is 3.96. The van der Waals surface area contributed by atoms with E-state index in [1.165, 1.54) is 6.33 Å². The number of nitrogens with one attached hydrogen (secondary N) is 1. The molecule has 0 atom stereocenters. The molecule has 0 unspecified atom stereocenters. The van der Waals surface area contributed by atoms with E-state index in [0.717, 1.165) is 11.4 Å². The van der Waals surface area contributed by atoms with E-state index in [2.05, 4.69) is 25.6 Å². The fourth-order valence-electron chi connectivity index (χ4n) is 1.78. The number of aromatic nitrogens is 5. The summed E-state index contributed by atoms with van der Waals surface area (Å²) in [6.07, 6.45) is 1.48. The average molecular weight is 256 g/mol. The monoisotopic (exact) mass is 256 g/mol. The van der Waals surface area contributed by atoms with Crippen molar-refractivity contribution in [3.63, 3.8) is 0 Å². The Morgan fingerprint density at radius 1 is 1.26 bits per heavy atom. The minimum absolute atomic E-state index is 0.617. The van der Waals surface area contributed by atoms with Gasteiger partial charge < -0.3 is 10.1 Å². The number of hydrogen-bond acceptors (Lipinski definition) is 6. The van der Waals surface area contributed by atoms with Gasteiger partial charge in [0.25, 0.3) is 0 Å². The molecule has 2 aromatic heterocycles. The molecule has 1 N–H and O–H groups in total. The summed E-state index contributed by atoms with van der Waals surface area (Å²) in [5.74, 6) is 1.39. The zero-order chi connectivity index (χ0) is 13.2. The van der Waals surface area contributed by atoms with Gasteiger partial charge in [0.05, 0.1) is 7.11 Å². The van der Waals surface area contributed by atoms with Gasteiger partial charge in [0, 0.05) is 18.8 Å². The van der Waals surface area contributed by atoms with Crippen molar-refractivity contribution in [2.24, 2.45) is 7.05 Å². The lowest BCUT2D eigenvalue weighted by Gasteiger charge is -2.07. The molecule has 0 saturated heterocycles. The first-order valence-electron chi connectivity index (χ1n) is 5.69. The third-order valence-corrected chi connectivity index (χ3v) is 2.72. The molecule has 0 fully saturated rings. The molecule has 0 aliphatic rings. The molecular formula is C12H12N6O. The fraction of sp³-hybridized carbons (Fsp3) is 0.167. The van der Waals surface area contributed by atoms with Crippen LogP contribution in [0.2, 0.25) is 0 Å². The molecule has 0 radical (unpaired) electrons. The van der Waals surface area contributed by atoms with Crippen LogP contribution in [0.25, 0.3) is 11.2 Å². The highest BCUT2D eigenvalue weighted by atomic mass is 16.5. The van der Waals surface area contributed by atoms with E-state index < -0.39 is 0 Å². The number of benzene rings is 1. The van der Waals surface area contributed by atoms with Gasteiger partial charge in [0.2, 0.25) is 0 Å². The third-order valence-electron chi connectivity index (χ3n) is 2.72. The Kier molecular flexibility index (Phi) is 2.71. The van der Waals surface area contributed by atoms with Gasteiger partial charge in [-0.25, -0.2) is 14.6 Å². The molecular weight excluding hydrogens is 244 g/mol. The van der Waals surface area contributed by atoms with Gasteiger partial charge in [0.15, 0.2) is 17.0 Å². The van der Waals surface area contributed by atoms with Crippen molar-refractivity contribution >= 4 is 22.7 Å². The summed E-state index contributed by atoms with van der Waals surface area (Å²) >= 11 is 0. The summed E-state index contributed by atoms with van der Waals surface area (Å²) < 4.78 is 6.78. The zero-order valence-electron chi connectivity index (χ0n) is 10.5. The van der Waals surface area contributed by atoms with E-state index in [1.807, 2.05) is 24.3 Å². The Morgan fingerprint density at radius 2 is 2.16 bits per heavy atom. The molecule has 0 amide bonds. The summed E-state index contributed by atoms with van der Waals surface area (Å²) in [5.41, 5.74) is 2.18. The normalized spacial score (nSPS) is 10.6. The van der Waals surface area contributed by atoms with E-state index in [9.17, 15) is 0 Å². The summed E-state index contributed by atoms with van der Waals surface area (Å²) in [4.78, 5) is 8.33. The molecule has 0 aliphatic heterocycles. The van der Waals surface area contributed by atoms with Crippen LogP contribution in [0, 0.1) is 0 Å². The topological polar surface area (TPSA) is 77.8 Å². The van der Waals surface area contributed by atoms with Gasteiger partial charge in [-0.3, -0.25) is 0 Å². The standard InChI is InChI=1S/C12H12N6O/c1-18-12-10(16-17-18)11(13-7-14-12)15-8-4-3-5-9(6-8)19-2/h3-7H,1-2H3,(H,13,14,15). The molecule has 7 nitrogen and oxygen atoms in total. The molecule has 3 rings (SSSR count). The maximum Gasteiger partial charge on any atom is 0.183 e. The Balaban J connectivity index is 2.00. The summed E-state index contributed by atoms with van der Waals surface area (Å²) in [6.45, 7) is 0. The highest BCUT2D eigenvalue weighted by Gasteiger charge is 2.09. The van der Waals surface area contributed by atoms with Crippen LogP contribution < -0.4 is 10.1 Å². The summed E-state index contributed by atoms with van der Waals surface area (Å²) in [5, 5.41) is 11.2. The van der Waals surface area contributed by atoms with Crippen molar-refractivity contribution in [1.82, 2.24) is 25.0 Å². The van der Waals surface area contributed by atoms with Crippen molar-refractivity contribution < 1.29 is 4.74 Å². The van der Waals surface area contributed by atoms with E-state index in [-0.39, 0.29) is 0 Å². The van der Waals surface area contributed by atoms with Gasteiger partial charge in [-0.2, -0.15) is 0 Å². The van der Waals surface area contributed by atoms with Crippen LogP contribution in [-0.4, -0.2) is 32.1 Å². The molecule has 1 aromatic carbocycles. The van der Waals surface area contributed by atoms with Gasteiger partial charge in [0.1, 0.15) is 12.1 Å². The van der Waals surface area contributed by atoms with Gasteiger partial charge in [-0.1, -0.05) is 11.3 Å². The molecule has 19 heavy (non-hydrogen) atoms. The molecule has 96 valence electrons. The first-order valence-corrected chi connectivity index (χ1v) is 5.69. The van der Waals surface area contributed by atoms with Crippen LogP contribution in [0.15, 0.2) is 30.6 Å². The van der Waals surface area contributed by atoms with Crippen LogP contribution in [0.4, 0.5) is 11.5 Å². The summed E-state index contributed by atoms with van der Waals surface area (Å²) in [6, 6.07) is 7.58. The molecule has 0 saturated carbocycles. The minimum atomic E-state index is 0.617. The molecule has 0 spiro atoms. The summed E-state index contributed by atoms with van der Waals surface area (Å²) in [7, 11) is 3.42. The number of aryl methyl sites for hydroxylation is 1. The quantitative estimate of drug-likeness (QED) is 0.765. The number of methoxy groups -OCH3 is 1. The Bertz CT molecular complexity index is 723. The number of anilines is 2. The van der Waals surface area contributed by atoms with Gasteiger partial charge in [-0.15, -0.1) is 5.10 Å². The van der Waals surface area contributed by atoms with Gasteiger partial charge in [-0.05, 0) is 12.1 Å². The highest BCUT2D eigenvalue weighted by Crippen LogP contribution is 2.23. The van der Waals surface area contributed by atoms with Crippen LogP contribution in [0.3, 0.4) is 0 Å². The van der Waals surface area contributed by atoms with E-state index >= 15 is 0 Å². The van der Waals surface area contributed by atoms with Crippen LogP contribution in [0.5, 0.6) is 5.75 Å². The van der Waals surface area contributed by atoms with E-state index in [0.29, 0.717) is 17.0 Å². The van der Waals surface area contributed by atoms with Crippen molar-refractivity contribution in [3.05, 3.63) is 30.6 Å². The van der Waals surface area contributed by atoms with Gasteiger partial charge >= 0.3 is 0 Å². The first-order chi connectivity index (χ1) is 9.28. The fourth-order valence-corrected chi connectivity index (χ4v) is 1.78. The number of ether oxygens (including phenoxy) is 1.